The number of nitrogen functional groups attached to an aromatic ring is 1. The van der Waals surface area contributed by atoms with Crippen LogP contribution in [0.15, 0.2) is 17.0 Å². The molecule has 0 aliphatic rings. The van der Waals surface area contributed by atoms with Crippen LogP contribution in [-0.4, -0.2) is 38.9 Å². The van der Waals surface area contributed by atoms with E-state index in [1.54, 1.807) is 6.92 Å². The van der Waals surface area contributed by atoms with Gasteiger partial charge in [0.1, 0.15) is 4.90 Å². The second-order valence-electron chi connectivity index (χ2n) is 4.50. The van der Waals surface area contributed by atoms with Gasteiger partial charge in [-0.05, 0) is 26.0 Å². The monoisotopic (exact) mass is 337 g/mol. The van der Waals surface area contributed by atoms with Gasteiger partial charge in [-0.2, -0.15) is 4.72 Å². The first-order chi connectivity index (χ1) is 9.60. The fourth-order valence-corrected chi connectivity index (χ4v) is 3.23. The van der Waals surface area contributed by atoms with Crippen LogP contribution >= 0.6 is 11.6 Å². The molecule has 0 aliphatic carbocycles. The summed E-state index contributed by atoms with van der Waals surface area (Å²) >= 11 is 5.69. The first kappa shape index (κ1) is 17.7. The topological polar surface area (TPSA) is 92.5 Å². The third-order valence-corrected chi connectivity index (χ3v) is 4.63. The van der Waals surface area contributed by atoms with Crippen molar-refractivity contribution in [2.45, 2.75) is 24.8 Å². The van der Waals surface area contributed by atoms with E-state index in [1.807, 2.05) is 0 Å². The Balaban J connectivity index is 3.11. The summed E-state index contributed by atoms with van der Waals surface area (Å²) < 4.78 is 40.3. The average Bonchev–Trinajstić information content (AvgIpc) is 2.40. The van der Waals surface area contributed by atoms with Gasteiger partial charge in [0.15, 0.2) is 5.82 Å². The van der Waals surface area contributed by atoms with Crippen molar-refractivity contribution in [1.29, 1.82) is 0 Å². The second-order valence-corrected chi connectivity index (χ2v) is 6.62. The summed E-state index contributed by atoms with van der Waals surface area (Å²) in [6, 6.07) is 1.01. The quantitative estimate of drug-likeness (QED) is 0.790. The van der Waals surface area contributed by atoms with Crippen molar-refractivity contribution in [2.75, 3.05) is 19.3 Å². The lowest BCUT2D eigenvalue weighted by Gasteiger charge is -2.20. The highest BCUT2D eigenvalue weighted by Gasteiger charge is 2.27. The molecule has 1 rings (SSSR count). The van der Waals surface area contributed by atoms with Gasteiger partial charge in [-0.25, -0.2) is 12.8 Å². The summed E-state index contributed by atoms with van der Waals surface area (Å²) in [5.74, 6) is -1.54. The molecule has 0 saturated heterocycles. The minimum absolute atomic E-state index is 0.0149. The van der Waals surface area contributed by atoms with Gasteiger partial charge in [0.05, 0.1) is 11.7 Å². The number of carbonyl (C=O) groups is 1. The highest BCUT2D eigenvalue weighted by atomic mass is 35.5. The zero-order chi connectivity index (χ0) is 16.4. The Kier molecular flexibility index (Phi) is 5.54. The van der Waals surface area contributed by atoms with Gasteiger partial charge >= 0.3 is 0 Å². The summed E-state index contributed by atoms with van der Waals surface area (Å²) in [7, 11) is -2.73. The maximum atomic E-state index is 13.9. The van der Waals surface area contributed by atoms with Crippen LogP contribution in [0.2, 0.25) is 5.02 Å². The largest absolute Gasteiger partial charge is 0.396 e. The van der Waals surface area contributed by atoms with Gasteiger partial charge in [0, 0.05) is 18.6 Å². The van der Waals surface area contributed by atoms with Crippen LogP contribution in [-0.2, 0) is 14.8 Å². The van der Waals surface area contributed by atoms with E-state index in [1.165, 1.54) is 18.9 Å². The molecule has 0 saturated carbocycles. The molecule has 0 spiro atoms. The molecule has 1 atom stereocenters. The fraction of sp³-hybridized carbons (Fsp3) is 0.417. The van der Waals surface area contributed by atoms with E-state index in [4.69, 9.17) is 17.3 Å². The maximum Gasteiger partial charge on any atom is 0.244 e. The SMILES string of the molecule is CCN(C)C(=O)C(C)NS(=O)(=O)c1cc(Cl)cc(N)c1F. The molecule has 1 aromatic carbocycles. The number of nitrogens with zero attached hydrogens (tertiary/aromatic N) is 1. The van der Waals surface area contributed by atoms with Crippen LogP contribution < -0.4 is 10.5 Å². The van der Waals surface area contributed by atoms with Gasteiger partial charge in [-0.1, -0.05) is 11.6 Å². The van der Waals surface area contributed by atoms with Gasteiger partial charge < -0.3 is 10.6 Å². The van der Waals surface area contributed by atoms with Crippen LogP contribution in [0.5, 0.6) is 0 Å². The molecule has 0 heterocycles. The van der Waals surface area contributed by atoms with Crippen LogP contribution in [0.4, 0.5) is 10.1 Å². The Hall–Kier alpha value is -1.38. The summed E-state index contributed by atoms with van der Waals surface area (Å²) in [6.07, 6.45) is 0. The summed E-state index contributed by atoms with van der Waals surface area (Å²) in [5, 5.41) is -0.0149. The molecule has 0 fully saturated rings. The number of amides is 1. The van der Waals surface area contributed by atoms with E-state index in [0.717, 1.165) is 12.1 Å². The number of hydrogen-bond donors (Lipinski definition) is 2. The molecule has 1 aromatic rings. The Labute approximate surface area is 128 Å². The highest BCUT2D eigenvalue weighted by Crippen LogP contribution is 2.25. The highest BCUT2D eigenvalue weighted by molar-refractivity contribution is 7.89. The van der Waals surface area contributed by atoms with Crippen molar-refractivity contribution in [3.63, 3.8) is 0 Å². The summed E-state index contributed by atoms with van der Waals surface area (Å²) in [5.41, 5.74) is 4.97. The van der Waals surface area contributed by atoms with Crippen LogP contribution in [0.3, 0.4) is 0 Å². The van der Waals surface area contributed by atoms with Gasteiger partial charge in [-0.15, -0.1) is 0 Å². The van der Waals surface area contributed by atoms with Gasteiger partial charge in [-0.3, -0.25) is 4.79 Å². The van der Waals surface area contributed by atoms with E-state index in [2.05, 4.69) is 4.72 Å². The number of sulfonamides is 1. The van der Waals surface area contributed by atoms with Crippen LogP contribution in [0.1, 0.15) is 13.8 Å². The lowest BCUT2D eigenvalue weighted by atomic mass is 10.3. The molecule has 1 amide bonds. The molecule has 1 unspecified atom stereocenters. The van der Waals surface area contributed by atoms with Gasteiger partial charge in [0.2, 0.25) is 15.9 Å². The molecule has 0 radical (unpaired) electrons. The Morgan fingerprint density at radius 2 is 2.10 bits per heavy atom. The minimum atomic E-state index is -4.26. The maximum absolute atomic E-state index is 13.9. The van der Waals surface area contributed by atoms with Crippen molar-refractivity contribution in [2.24, 2.45) is 0 Å². The number of rotatable bonds is 5. The van der Waals surface area contributed by atoms with Crippen molar-refractivity contribution >= 4 is 33.2 Å². The van der Waals surface area contributed by atoms with Crippen LogP contribution in [0, 0.1) is 5.82 Å². The second kappa shape index (κ2) is 6.59. The third-order valence-electron chi connectivity index (χ3n) is 2.87. The first-order valence-electron chi connectivity index (χ1n) is 6.12. The number of anilines is 1. The molecule has 118 valence electrons. The molecule has 9 heteroatoms. The zero-order valence-corrected chi connectivity index (χ0v) is 13.4. The zero-order valence-electron chi connectivity index (χ0n) is 11.9. The minimum Gasteiger partial charge on any atom is -0.396 e. The molecule has 21 heavy (non-hydrogen) atoms. The van der Waals surface area contributed by atoms with Gasteiger partial charge in [0.25, 0.3) is 0 Å². The van der Waals surface area contributed by atoms with Crippen molar-refractivity contribution in [3.8, 4) is 0 Å². The number of benzene rings is 1. The number of nitrogens with two attached hydrogens (primary N) is 1. The van der Waals surface area contributed by atoms with E-state index in [-0.39, 0.29) is 10.7 Å². The number of carbonyl (C=O) groups excluding carboxylic acids is 1. The van der Waals surface area contributed by atoms with E-state index < -0.39 is 32.7 Å². The van der Waals surface area contributed by atoms with E-state index in [9.17, 15) is 17.6 Å². The predicted molar refractivity (Wildman–Crippen MR) is 78.9 cm³/mol. The first-order valence-corrected chi connectivity index (χ1v) is 7.98. The van der Waals surface area contributed by atoms with E-state index >= 15 is 0 Å². The average molecular weight is 338 g/mol. The standard InChI is InChI=1S/C12H17ClFN3O3S/c1-4-17(3)12(18)7(2)16-21(19,20)10-6-8(13)5-9(15)11(10)14/h5-7,16H,4,15H2,1-3H3. The number of nitrogens with one attached hydrogen (secondary N) is 1. The number of halogens is 2. The van der Waals surface area contributed by atoms with Crippen LogP contribution in [0.25, 0.3) is 0 Å². The number of likely N-dealkylation sites (N-methyl/N-ethyl adjacent to an activating group) is 1. The molecule has 3 N–H and O–H groups in total. The fourth-order valence-electron chi connectivity index (χ4n) is 1.61. The molecule has 6 nitrogen and oxygen atoms in total. The lowest BCUT2D eigenvalue weighted by Crippen LogP contribution is -2.45. The Morgan fingerprint density at radius 3 is 2.62 bits per heavy atom. The molecular weight excluding hydrogens is 321 g/mol. The third kappa shape index (κ3) is 4.05. The normalized spacial score (nSPS) is 13.0. The lowest BCUT2D eigenvalue weighted by molar-refractivity contribution is -0.131. The molecular formula is C12H17ClFN3O3S. The molecule has 0 aliphatic heterocycles. The summed E-state index contributed by atoms with van der Waals surface area (Å²) in [6.45, 7) is 3.54. The van der Waals surface area contributed by atoms with E-state index in [0.29, 0.717) is 6.54 Å². The van der Waals surface area contributed by atoms with Crippen molar-refractivity contribution < 1.29 is 17.6 Å². The smallest absolute Gasteiger partial charge is 0.244 e. The van der Waals surface area contributed by atoms with Crippen molar-refractivity contribution in [3.05, 3.63) is 23.0 Å². The van der Waals surface area contributed by atoms with Crippen molar-refractivity contribution in [1.82, 2.24) is 9.62 Å². The Morgan fingerprint density at radius 1 is 1.52 bits per heavy atom. The molecule has 0 bridgehead atoms. The Bertz CT molecular complexity index is 651. The summed E-state index contributed by atoms with van der Waals surface area (Å²) in [4.78, 5) is 12.5. The molecule has 0 aromatic heterocycles. The predicted octanol–water partition coefficient (Wildman–Crippen LogP) is 1.21. The number of hydrogen-bond acceptors (Lipinski definition) is 4.